The minimum Gasteiger partial charge on any atom is -0.207 e. The zero-order valence-electron chi connectivity index (χ0n) is 5.89. The van der Waals surface area contributed by atoms with Crippen LogP contribution in [0.2, 0.25) is 10.0 Å². The van der Waals surface area contributed by atoms with Crippen LogP contribution in [0.4, 0.5) is 0 Å². The first-order chi connectivity index (χ1) is 5.82. The second kappa shape index (κ2) is 3.95. The van der Waals surface area contributed by atoms with E-state index in [-0.39, 0.29) is 14.4 Å². The van der Waals surface area contributed by atoms with E-state index >= 15 is 0 Å². The van der Waals surface area contributed by atoms with Gasteiger partial charge < -0.3 is 0 Å². The Morgan fingerprint density at radius 1 is 1.23 bits per heavy atom. The summed E-state index contributed by atoms with van der Waals surface area (Å²) in [6, 6.07) is 2.71. The molecule has 0 fully saturated rings. The van der Waals surface area contributed by atoms with Crippen molar-refractivity contribution in [3.63, 3.8) is 0 Å². The summed E-state index contributed by atoms with van der Waals surface area (Å²) in [4.78, 5) is -0.166. The Morgan fingerprint density at radius 2 is 1.77 bits per heavy atom. The standard InChI is InChI=1S/C6H2BrCl3O2S/c7-4-1-3(8)2-5(9)6(4)13(10,11)12/h1-2H. The summed E-state index contributed by atoms with van der Waals surface area (Å²) < 4.78 is 22.2. The van der Waals surface area contributed by atoms with Crippen molar-refractivity contribution in [2.45, 2.75) is 4.90 Å². The first-order valence-corrected chi connectivity index (χ1v) is 6.77. The van der Waals surface area contributed by atoms with Gasteiger partial charge in [-0.2, -0.15) is 0 Å². The SMILES string of the molecule is O=S(=O)(Cl)c1c(Cl)cc(Cl)cc1Br. The summed E-state index contributed by atoms with van der Waals surface area (Å²) in [6.45, 7) is 0. The van der Waals surface area contributed by atoms with Crippen molar-refractivity contribution >= 4 is 58.9 Å². The van der Waals surface area contributed by atoms with E-state index in [0.717, 1.165) is 0 Å². The maximum absolute atomic E-state index is 11.0. The van der Waals surface area contributed by atoms with E-state index in [1.54, 1.807) is 0 Å². The van der Waals surface area contributed by atoms with Gasteiger partial charge in [0.25, 0.3) is 9.05 Å². The van der Waals surface area contributed by atoms with Crippen LogP contribution in [0, 0.1) is 0 Å². The number of hydrogen-bond acceptors (Lipinski definition) is 2. The van der Waals surface area contributed by atoms with Crippen LogP contribution in [0.15, 0.2) is 21.5 Å². The molecule has 0 aliphatic heterocycles. The number of hydrogen-bond donors (Lipinski definition) is 0. The average molecular weight is 324 g/mol. The molecule has 0 unspecified atom stereocenters. The molecule has 0 saturated heterocycles. The van der Waals surface area contributed by atoms with Crippen LogP contribution in [-0.2, 0) is 9.05 Å². The van der Waals surface area contributed by atoms with E-state index in [1.807, 2.05) is 0 Å². The van der Waals surface area contributed by atoms with Gasteiger partial charge in [0.1, 0.15) is 4.90 Å². The fourth-order valence-electron chi connectivity index (χ4n) is 0.762. The molecule has 0 saturated carbocycles. The fourth-order valence-corrected chi connectivity index (χ4v) is 4.39. The van der Waals surface area contributed by atoms with Crippen molar-refractivity contribution in [1.82, 2.24) is 0 Å². The fraction of sp³-hybridized carbons (Fsp3) is 0. The zero-order chi connectivity index (χ0) is 10.2. The summed E-state index contributed by atoms with van der Waals surface area (Å²) in [5.74, 6) is 0. The highest BCUT2D eigenvalue weighted by atomic mass is 79.9. The Balaban J connectivity index is 3.57. The molecule has 0 aliphatic rings. The van der Waals surface area contributed by atoms with E-state index in [0.29, 0.717) is 5.02 Å². The molecule has 0 atom stereocenters. The van der Waals surface area contributed by atoms with Crippen LogP contribution in [0.5, 0.6) is 0 Å². The minimum absolute atomic E-state index is 0.00521. The van der Waals surface area contributed by atoms with Gasteiger partial charge in [-0.05, 0) is 28.1 Å². The second-order valence-electron chi connectivity index (χ2n) is 2.14. The third-order valence-corrected chi connectivity index (χ3v) is 4.11. The van der Waals surface area contributed by atoms with Crippen LogP contribution in [-0.4, -0.2) is 8.42 Å². The van der Waals surface area contributed by atoms with Crippen molar-refractivity contribution in [2.24, 2.45) is 0 Å². The van der Waals surface area contributed by atoms with E-state index in [9.17, 15) is 8.42 Å². The summed E-state index contributed by atoms with van der Waals surface area (Å²) in [5, 5.41) is 0.329. The molecule has 1 rings (SSSR count). The maximum Gasteiger partial charge on any atom is 0.263 e. The van der Waals surface area contributed by atoms with Gasteiger partial charge in [0.15, 0.2) is 0 Å². The molecule has 0 amide bonds. The Labute approximate surface area is 98.3 Å². The summed E-state index contributed by atoms with van der Waals surface area (Å²) in [7, 11) is 1.29. The van der Waals surface area contributed by atoms with Gasteiger partial charge in [-0.25, -0.2) is 8.42 Å². The molecular formula is C6H2BrCl3O2S. The molecule has 2 nitrogen and oxygen atoms in total. The van der Waals surface area contributed by atoms with Crippen LogP contribution in [0.25, 0.3) is 0 Å². The average Bonchev–Trinajstić information content (AvgIpc) is 1.78. The molecule has 0 radical (unpaired) electrons. The second-order valence-corrected chi connectivity index (χ2v) is 6.34. The van der Waals surface area contributed by atoms with Gasteiger partial charge in [0.05, 0.1) is 5.02 Å². The Morgan fingerprint density at radius 3 is 2.15 bits per heavy atom. The first-order valence-electron chi connectivity index (χ1n) is 2.91. The molecule has 7 heteroatoms. The Kier molecular flexibility index (Phi) is 3.52. The van der Waals surface area contributed by atoms with Crippen LogP contribution in [0.3, 0.4) is 0 Å². The molecule has 0 aliphatic carbocycles. The van der Waals surface area contributed by atoms with Crippen molar-refractivity contribution in [3.8, 4) is 0 Å². The van der Waals surface area contributed by atoms with Gasteiger partial charge in [-0.1, -0.05) is 23.2 Å². The van der Waals surface area contributed by atoms with Gasteiger partial charge >= 0.3 is 0 Å². The van der Waals surface area contributed by atoms with Crippen LogP contribution >= 0.6 is 49.8 Å². The van der Waals surface area contributed by atoms with E-state index in [1.165, 1.54) is 12.1 Å². The van der Waals surface area contributed by atoms with E-state index < -0.39 is 9.05 Å². The van der Waals surface area contributed by atoms with Gasteiger partial charge in [0, 0.05) is 20.2 Å². The van der Waals surface area contributed by atoms with Crippen molar-refractivity contribution in [1.29, 1.82) is 0 Å². The molecule has 0 aromatic heterocycles. The molecule has 72 valence electrons. The predicted molar refractivity (Wildman–Crippen MR) is 57.2 cm³/mol. The third kappa shape index (κ3) is 2.73. The van der Waals surface area contributed by atoms with Gasteiger partial charge in [-0.3, -0.25) is 0 Å². The molecule has 0 heterocycles. The largest absolute Gasteiger partial charge is 0.263 e. The monoisotopic (exact) mass is 322 g/mol. The summed E-state index contributed by atoms with van der Waals surface area (Å²) in [6.07, 6.45) is 0. The lowest BCUT2D eigenvalue weighted by atomic mass is 10.4. The summed E-state index contributed by atoms with van der Waals surface area (Å²) >= 11 is 14.3. The lowest BCUT2D eigenvalue weighted by Crippen LogP contribution is -1.93. The number of halogens is 4. The van der Waals surface area contributed by atoms with E-state index in [2.05, 4.69) is 15.9 Å². The highest BCUT2D eigenvalue weighted by Crippen LogP contribution is 2.34. The van der Waals surface area contributed by atoms with E-state index in [4.69, 9.17) is 33.9 Å². The topological polar surface area (TPSA) is 34.1 Å². The van der Waals surface area contributed by atoms with Gasteiger partial charge in [0.2, 0.25) is 0 Å². The Hall–Kier alpha value is 0.520. The molecule has 1 aromatic rings. The normalized spacial score (nSPS) is 11.7. The first kappa shape index (κ1) is 11.6. The minimum atomic E-state index is -3.85. The van der Waals surface area contributed by atoms with Crippen molar-refractivity contribution < 1.29 is 8.42 Å². The lowest BCUT2D eigenvalue weighted by Gasteiger charge is -2.03. The molecule has 0 spiro atoms. The Bertz CT molecular complexity index is 420. The molecule has 0 N–H and O–H groups in total. The smallest absolute Gasteiger partial charge is 0.207 e. The maximum atomic E-state index is 11.0. The molecule has 1 aromatic carbocycles. The highest BCUT2D eigenvalue weighted by Gasteiger charge is 2.19. The number of benzene rings is 1. The van der Waals surface area contributed by atoms with Gasteiger partial charge in [-0.15, -0.1) is 0 Å². The van der Waals surface area contributed by atoms with Crippen molar-refractivity contribution in [2.75, 3.05) is 0 Å². The van der Waals surface area contributed by atoms with Crippen LogP contribution < -0.4 is 0 Å². The predicted octanol–water partition coefficient (Wildman–Crippen LogP) is 3.68. The molecular weight excluding hydrogens is 322 g/mol. The summed E-state index contributed by atoms with van der Waals surface area (Å²) in [5.41, 5.74) is 0. The quantitative estimate of drug-likeness (QED) is 0.739. The zero-order valence-corrected chi connectivity index (χ0v) is 10.6. The van der Waals surface area contributed by atoms with Crippen molar-refractivity contribution in [3.05, 3.63) is 26.7 Å². The molecule has 13 heavy (non-hydrogen) atoms. The van der Waals surface area contributed by atoms with Crippen LogP contribution in [0.1, 0.15) is 0 Å². The molecule has 0 bridgehead atoms. The lowest BCUT2D eigenvalue weighted by molar-refractivity contribution is 0.609. The highest BCUT2D eigenvalue weighted by molar-refractivity contribution is 9.10. The third-order valence-electron chi connectivity index (χ3n) is 1.21. The number of rotatable bonds is 1.